The monoisotopic (exact) mass is 303 g/mol. The number of benzene rings is 1. The lowest BCUT2D eigenvalue weighted by atomic mass is 9.87. The number of morpholine rings is 1. The number of fused-ring (bicyclic) bond motifs is 1. The highest BCUT2D eigenvalue weighted by atomic mass is 16.5. The zero-order valence-corrected chi connectivity index (χ0v) is 13.5. The van der Waals surface area contributed by atoms with Crippen molar-refractivity contribution in [2.24, 2.45) is 0 Å². The van der Waals surface area contributed by atoms with Crippen LogP contribution in [0.25, 0.3) is 0 Å². The molecule has 0 N–H and O–H groups in total. The van der Waals surface area contributed by atoms with Crippen molar-refractivity contribution in [3.8, 4) is 0 Å². The van der Waals surface area contributed by atoms with Crippen LogP contribution in [0.2, 0.25) is 0 Å². The fourth-order valence-electron chi connectivity index (χ4n) is 3.69. The van der Waals surface area contributed by atoms with Gasteiger partial charge in [-0.15, -0.1) is 0 Å². The predicted molar refractivity (Wildman–Crippen MR) is 84.8 cm³/mol. The summed E-state index contributed by atoms with van der Waals surface area (Å²) < 4.78 is 11.4. The minimum atomic E-state index is 0.171. The molecule has 3 atom stereocenters. The molecule has 120 valence electrons. The highest BCUT2D eigenvalue weighted by Gasteiger charge is 2.39. The van der Waals surface area contributed by atoms with E-state index in [1.165, 1.54) is 5.56 Å². The summed E-state index contributed by atoms with van der Waals surface area (Å²) in [5.41, 5.74) is 2.29. The summed E-state index contributed by atoms with van der Waals surface area (Å²) in [5.74, 6) is 0.209. The number of nitrogens with zero attached hydrogens (tertiary/aromatic N) is 1. The van der Waals surface area contributed by atoms with Crippen LogP contribution in [0.4, 0.5) is 0 Å². The molecule has 0 aromatic heterocycles. The first kappa shape index (κ1) is 15.5. The van der Waals surface area contributed by atoms with Crippen LogP contribution in [0, 0.1) is 6.92 Å². The summed E-state index contributed by atoms with van der Waals surface area (Å²) in [5, 5.41) is 0. The third-order valence-electron chi connectivity index (χ3n) is 4.86. The summed E-state index contributed by atoms with van der Waals surface area (Å²) >= 11 is 0. The van der Waals surface area contributed by atoms with Gasteiger partial charge in [-0.25, -0.2) is 0 Å². The second kappa shape index (κ2) is 6.80. The van der Waals surface area contributed by atoms with E-state index in [2.05, 4.69) is 19.1 Å². The average Bonchev–Trinajstić information content (AvgIpc) is 2.53. The molecule has 0 bridgehead atoms. The molecule has 2 aliphatic rings. The third kappa shape index (κ3) is 3.33. The number of aryl methyl sites for hydroxylation is 1. The smallest absolute Gasteiger partial charge is 0.227 e. The van der Waals surface area contributed by atoms with Crippen LogP contribution in [0.15, 0.2) is 24.3 Å². The molecule has 1 saturated carbocycles. The van der Waals surface area contributed by atoms with Gasteiger partial charge in [-0.2, -0.15) is 0 Å². The van der Waals surface area contributed by atoms with Gasteiger partial charge in [0.15, 0.2) is 0 Å². The summed E-state index contributed by atoms with van der Waals surface area (Å²) in [6.07, 6.45) is 3.80. The number of carbonyl (C=O) groups is 1. The van der Waals surface area contributed by atoms with Crippen molar-refractivity contribution in [1.82, 2.24) is 4.90 Å². The van der Waals surface area contributed by atoms with E-state index in [0.717, 1.165) is 24.8 Å². The van der Waals surface area contributed by atoms with Crippen molar-refractivity contribution in [3.63, 3.8) is 0 Å². The molecule has 4 nitrogen and oxygen atoms in total. The van der Waals surface area contributed by atoms with E-state index in [4.69, 9.17) is 9.47 Å². The lowest BCUT2D eigenvalue weighted by Crippen LogP contribution is -2.57. The molecule has 1 amide bonds. The van der Waals surface area contributed by atoms with Gasteiger partial charge >= 0.3 is 0 Å². The van der Waals surface area contributed by atoms with Crippen LogP contribution in [0.3, 0.4) is 0 Å². The van der Waals surface area contributed by atoms with E-state index in [1.807, 2.05) is 17.0 Å². The molecule has 1 saturated heterocycles. The van der Waals surface area contributed by atoms with Gasteiger partial charge in [-0.3, -0.25) is 4.79 Å². The number of hydrogen-bond donors (Lipinski definition) is 0. The zero-order valence-electron chi connectivity index (χ0n) is 13.5. The van der Waals surface area contributed by atoms with Crippen molar-refractivity contribution in [2.45, 2.75) is 50.9 Å². The van der Waals surface area contributed by atoms with Gasteiger partial charge in [0.2, 0.25) is 5.91 Å². The Morgan fingerprint density at radius 3 is 3.05 bits per heavy atom. The lowest BCUT2D eigenvalue weighted by molar-refractivity contribution is -0.154. The van der Waals surface area contributed by atoms with E-state index in [0.29, 0.717) is 19.6 Å². The summed E-state index contributed by atoms with van der Waals surface area (Å²) in [6.45, 7) is 3.41. The zero-order chi connectivity index (χ0) is 15.5. The molecule has 1 aliphatic carbocycles. The molecule has 3 rings (SSSR count). The Balaban J connectivity index is 1.70. The Labute approximate surface area is 132 Å². The number of ether oxygens (including phenoxy) is 2. The lowest BCUT2D eigenvalue weighted by Gasteiger charge is -2.45. The number of hydrogen-bond acceptors (Lipinski definition) is 3. The van der Waals surface area contributed by atoms with Gasteiger partial charge in [0.05, 0.1) is 31.3 Å². The maximum atomic E-state index is 12.8. The molecule has 2 fully saturated rings. The first-order valence-electron chi connectivity index (χ1n) is 8.17. The highest BCUT2D eigenvalue weighted by molar-refractivity contribution is 5.79. The molecular weight excluding hydrogens is 278 g/mol. The summed E-state index contributed by atoms with van der Waals surface area (Å²) in [4.78, 5) is 14.8. The second-order valence-corrected chi connectivity index (χ2v) is 6.40. The Morgan fingerprint density at radius 1 is 1.41 bits per heavy atom. The van der Waals surface area contributed by atoms with Crippen LogP contribution in [0.1, 0.15) is 30.4 Å². The average molecular weight is 303 g/mol. The maximum absolute atomic E-state index is 12.8. The first-order chi connectivity index (χ1) is 10.7. The Kier molecular flexibility index (Phi) is 4.79. The van der Waals surface area contributed by atoms with E-state index < -0.39 is 0 Å². The minimum absolute atomic E-state index is 0.171. The molecule has 1 aliphatic heterocycles. The SMILES string of the molecule is CO[C@H]1CC[C@H]2OCCN(C(=O)Cc3cccc(C)c3)[C@@H]2C1. The van der Waals surface area contributed by atoms with Crippen LogP contribution >= 0.6 is 0 Å². The molecule has 1 aromatic rings. The maximum Gasteiger partial charge on any atom is 0.227 e. The highest BCUT2D eigenvalue weighted by Crippen LogP contribution is 2.30. The molecule has 4 heteroatoms. The number of methoxy groups -OCH3 is 1. The normalized spacial score (nSPS) is 28.3. The van der Waals surface area contributed by atoms with Crippen molar-refractivity contribution in [3.05, 3.63) is 35.4 Å². The van der Waals surface area contributed by atoms with E-state index in [1.54, 1.807) is 7.11 Å². The molecule has 0 spiro atoms. The Hall–Kier alpha value is -1.39. The van der Waals surface area contributed by atoms with Crippen molar-refractivity contribution < 1.29 is 14.3 Å². The van der Waals surface area contributed by atoms with Gasteiger partial charge in [0, 0.05) is 13.7 Å². The summed E-state index contributed by atoms with van der Waals surface area (Å²) in [6, 6.07) is 8.37. The quantitative estimate of drug-likeness (QED) is 0.860. The van der Waals surface area contributed by atoms with Crippen molar-refractivity contribution in [2.75, 3.05) is 20.3 Å². The molecule has 0 radical (unpaired) electrons. The molecular formula is C18H25NO3. The second-order valence-electron chi connectivity index (χ2n) is 6.40. The predicted octanol–water partition coefficient (Wildman–Crippen LogP) is 2.33. The van der Waals surface area contributed by atoms with Gasteiger partial charge in [-0.05, 0) is 31.7 Å². The van der Waals surface area contributed by atoms with Crippen molar-refractivity contribution >= 4 is 5.91 Å². The van der Waals surface area contributed by atoms with Gasteiger partial charge in [-0.1, -0.05) is 29.8 Å². The van der Waals surface area contributed by atoms with Crippen LogP contribution in [-0.2, 0) is 20.7 Å². The minimum Gasteiger partial charge on any atom is -0.381 e. The molecule has 1 aromatic carbocycles. The first-order valence-corrected chi connectivity index (χ1v) is 8.17. The molecule has 0 unspecified atom stereocenters. The fourth-order valence-corrected chi connectivity index (χ4v) is 3.69. The standard InChI is InChI=1S/C18H25NO3/c1-13-4-3-5-14(10-13)11-18(20)19-8-9-22-17-7-6-15(21-2)12-16(17)19/h3-5,10,15-17H,6-9,11-12H2,1-2H3/t15-,16+,17+/m0/s1. The van der Waals surface area contributed by atoms with Gasteiger partial charge in [0.1, 0.15) is 0 Å². The van der Waals surface area contributed by atoms with Gasteiger partial charge < -0.3 is 14.4 Å². The number of carbonyl (C=O) groups excluding carboxylic acids is 1. The number of amides is 1. The Bertz CT molecular complexity index is 531. The van der Waals surface area contributed by atoms with Crippen molar-refractivity contribution in [1.29, 1.82) is 0 Å². The molecule has 22 heavy (non-hydrogen) atoms. The fraction of sp³-hybridized carbons (Fsp3) is 0.611. The summed E-state index contributed by atoms with van der Waals surface area (Å²) in [7, 11) is 1.76. The van der Waals surface area contributed by atoms with Crippen LogP contribution in [0.5, 0.6) is 0 Å². The molecule has 1 heterocycles. The number of rotatable bonds is 3. The third-order valence-corrected chi connectivity index (χ3v) is 4.86. The topological polar surface area (TPSA) is 38.8 Å². The van der Waals surface area contributed by atoms with E-state index >= 15 is 0 Å². The van der Waals surface area contributed by atoms with Crippen LogP contribution < -0.4 is 0 Å². The van der Waals surface area contributed by atoms with Gasteiger partial charge in [0.25, 0.3) is 0 Å². The largest absolute Gasteiger partial charge is 0.381 e. The van der Waals surface area contributed by atoms with E-state index in [-0.39, 0.29) is 24.2 Å². The van der Waals surface area contributed by atoms with Crippen LogP contribution in [-0.4, -0.2) is 49.3 Å². The Morgan fingerprint density at radius 2 is 2.27 bits per heavy atom. The van der Waals surface area contributed by atoms with E-state index in [9.17, 15) is 4.79 Å².